The summed E-state index contributed by atoms with van der Waals surface area (Å²) in [7, 11) is 1.57. The monoisotopic (exact) mass is 438 g/mol. The summed E-state index contributed by atoms with van der Waals surface area (Å²) in [5, 5.41) is 4.34. The van der Waals surface area contributed by atoms with Crippen molar-refractivity contribution < 1.29 is 23.8 Å². The number of hydrogen-bond acceptors (Lipinski definition) is 6. The number of esters is 1. The molecule has 0 saturated carbocycles. The van der Waals surface area contributed by atoms with Gasteiger partial charge < -0.3 is 14.2 Å². The minimum absolute atomic E-state index is 0.179. The molecule has 0 atom stereocenters. The highest BCUT2D eigenvalue weighted by atomic mass is 35.5. The maximum Gasteiger partial charge on any atom is 0.343 e. The molecule has 0 radical (unpaired) electrons. The van der Waals surface area contributed by atoms with Crippen molar-refractivity contribution in [2.45, 2.75) is 0 Å². The first kappa shape index (κ1) is 21.9. The van der Waals surface area contributed by atoms with E-state index in [0.29, 0.717) is 33.4 Å². The summed E-state index contributed by atoms with van der Waals surface area (Å²) in [5.74, 6) is 0.709. The van der Waals surface area contributed by atoms with E-state index < -0.39 is 11.9 Å². The second kappa shape index (κ2) is 10.8. The normalized spacial score (nSPS) is 10.5. The number of hydrogen-bond donors (Lipinski definition) is 1. The summed E-state index contributed by atoms with van der Waals surface area (Å²) in [6, 6.07) is 20.0. The van der Waals surface area contributed by atoms with Gasteiger partial charge in [-0.15, -0.1) is 0 Å². The van der Waals surface area contributed by atoms with Gasteiger partial charge in [0.1, 0.15) is 17.2 Å². The second-order valence-electron chi connectivity index (χ2n) is 6.23. The zero-order valence-electron chi connectivity index (χ0n) is 16.6. The topological polar surface area (TPSA) is 86.2 Å². The first-order valence-corrected chi connectivity index (χ1v) is 9.58. The Labute approximate surface area is 184 Å². The molecule has 158 valence electrons. The molecule has 0 bridgehead atoms. The van der Waals surface area contributed by atoms with Crippen molar-refractivity contribution in [3.8, 4) is 17.2 Å². The molecule has 3 aromatic rings. The van der Waals surface area contributed by atoms with Gasteiger partial charge in [-0.05, 0) is 72.3 Å². The zero-order chi connectivity index (χ0) is 22.1. The molecule has 0 fully saturated rings. The van der Waals surface area contributed by atoms with Crippen LogP contribution in [0.2, 0.25) is 5.02 Å². The molecule has 0 aliphatic carbocycles. The number of halogens is 1. The lowest BCUT2D eigenvalue weighted by Crippen LogP contribution is -2.24. The Kier molecular flexibility index (Phi) is 7.61. The van der Waals surface area contributed by atoms with Crippen LogP contribution in [0.3, 0.4) is 0 Å². The van der Waals surface area contributed by atoms with E-state index in [0.717, 1.165) is 0 Å². The summed E-state index contributed by atoms with van der Waals surface area (Å²) < 4.78 is 15.7. The van der Waals surface area contributed by atoms with Gasteiger partial charge in [0, 0.05) is 5.02 Å². The minimum Gasteiger partial charge on any atom is -0.497 e. The summed E-state index contributed by atoms with van der Waals surface area (Å²) in [5.41, 5.74) is 3.45. The van der Waals surface area contributed by atoms with E-state index in [1.807, 2.05) is 0 Å². The molecular formula is C23H19ClN2O5. The SMILES string of the molecule is COc1ccc(OCC(=O)N/N=C/c2ccc(OC(=O)c3cccc(Cl)c3)cc2)cc1. The highest BCUT2D eigenvalue weighted by Gasteiger charge is 2.09. The van der Waals surface area contributed by atoms with Gasteiger partial charge in [0.05, 0.1) is 18.9 Å². The number of carbonyl (C=O) groups excluding carboxylic acids is 2. The molecule has 0 unspecified atom stereocenters. The largest absolute Gasteiger partial charge is 0.497 e. The van der Waals surface area contributed by atoms with Crippen LogP contribution in [0, 0.1) is 0 Å². The van der Waals surface area contributed by atoms with Crippen LogP contribution in [0.1, 0.15) is 15.9 Å². The van der Waals surface area contributed by atoms with Crippen LogP contribution in [0.25, 0.3) is 0 Å². The number of methoxy groups -OCH3 is 1. The minimum atomic E-state index is -0.506. The van der Waals surface area contributed by atoms with Gasteiger partial charge in [0.25, 0.3) is 5.91 Å². The molecule has 1 N–H and O–H groups in total. The van der Waals surface area contributed by atoms with E-state index in [-0.39, 0.29) is 6.61 Å². The van der Waals surface area contributed by atoms with Crippen molar-refractivity contribution in [1.29, 1.82) is 0 Å². The van der Waals surface area contributed by atoms with Crippen molar-refractivity contribution in [2.75, 3.05) is 13.7 Å². The van der Waals surface area contributed by atoms with E-state index in [1.54, 1.807) is 73.8 Å². The lowest BCUT2D eigenvalue weighted by molar-refractivity contribution is -0.123. The van der Waals surface area contributed by atoms with E-state index in [2.05, 4.69) is 10.5 Å². The molecule has 0 saturated heterocycles. The third-order valence-electron chi connectivity index (χ3n) is 3.98. The number of benzene rings is 3. The number of hydrazone groups is 1. The predicted octanol–water partition coefficient (Wildman–Crippen LogP) is 4.10. The molecule has 7 nitrogen and oxygen atoms in total. The van der Waals surface area contributed by atoms with E-state index in [1.165, 1.54) is 12.3 Å². The van der Waals surface area contributed by atoms with Crippen LogP contribution >= 0.6 is 11.6 Å². The van der Waals surface area contributed by atoms with Crippen LogP contribution in [0.5, 0.6) is 17.2 Å². The Bertz CT molecular complexity index is 1070. The first-order valence-electron chi connectivity index (χ1n) is 9.20. The molecule has 1 amide bonds. The van der Waals surface area contributed by atoms with E-state index in [4.69, 9.17) is 25.8 Å². The zero-order valence-corrected chi connectivity index (χ0v) is 17.3. The van der Waals surface area contributed by atoms with Gasteiger partial charge in [-0.2, -0.15) is 5.10 Å². The average Bonchev–Trinajstić information content (AvgIpc) is 2.79. The molecule has 0 aliphatic heterocycles. The number of ether oxygens (including phenoxy) is 3. The van der Waals surface area contributed by atoms with Crippen molar-refractivity contribution >= 4 is 29.7 Å². The van der Waals surface area contributed by atoms with Gasteiger partial charge in [0.2, 0.25) is 0 Å². The Hall–Kier alpha value is -3.84. The molecule has 0 aromatic heterocycles. The smallest absolute Gasteiger partial charge is 0.343 e. The summed E-state index contributed by atoms with van der Waals surface area (Å²) >= 11 is 5.88. The molecule has 3 aromatic carbocycles. The van der Waals surface area contributed by atoms with Crippen LogP contribution in [0.15, 0.2) is 77.9 Å². The van der Waals surface area contributed by atoms with Gasteiger partial charge in [-0.25, -0.2) is 10.2 Å². The lowest BCUT2D eigenvalue weighted by atomic mass is 10.2. The maximum absolute atomic E-state index is 12.1. The van der Waals surface area contributed by atoms with Crippen molar-refractivity contribution in [3.05, 3.63) is 88.9 Å². The molecule has 31 heavy (non-hydrogen) atoms. The third kappa shape index (κ3) is 6.87. The Morgan fingerprint density at radius 3 is 2.32 bits per heavy atom. The second-order valence-corrected chi connectivity index (χ2v) is 6.66. The van der Waals surface area contributed by atoms with Crippen molar-refractivity contribution in [2.24, 2.45) is 5.10 Å². The van der Waals surface area contributed by atoms with Crippen LogP contribution in [-0.2, 0) is 4.79 Å². The van der Waals surface area contributed by atoms with Crippen LogP contribution in [-0.4, -0.2) is 31.8 Å². The number of carbonyl (C=O) groups is 2. The molecule has 0 heterocycles. The Balaban J connectivity index is 1.45. The molecule has 0 aliphatic rings. The number of nitrogens with one attached hydrogen (secondary N) is 1. The summed E-state index contributed by atoms with van der Waals surface area (Å²) in [6.07, 6.45) is 1.47. The van der Waals surface area contributed by atoms with Gasteiger partial charge in [0.15, 0.2) is 6.61 Å². The number of nitrogens with zero attached hydrogens (tertiary/aromatic N) is 1. The maximum atomic E-state index is 12.1. The van der Waals surface area contributed by atoms with E-state index in [9.17, 15) is 9.59 Å². The molecule has 8 heteroatoms. The van der Waals surface area contributed by atoms with Crippen molar-refractivity contribution in [3.63, 3.8) is 0 Å². The summed E-state index contributed by atoms with van der Waals surface area (Å²) in [4.78, 5) is 23.9. The summed E-state index contributed by atoms with van der Waals surface area (Å²) in [6.45, 7) is -0.179. The lowest BCUT2D eigenvalue weighted by Gasteiger charge is -2.06. The Morgan fingerprint density at radius 2 is 1.65 bits per heavy atom. The number of rotatable bonds is 8. The molecular weight excluding hydrogens is 420 g/mol. The highest BCUT2D eigenvalue weighted by Crippen LogP contribution is 2.17. The van der Waals surface area contributed by atoms with Gasteiger partial charge in [-0.1, -0.05) is 17.7 Å². The number of amides is 1. The molecule has 3 rings (SSSR count). The fourth-order valence-corrected chi connectivity index (χ4v) is 2.63. The predicted molar refractivity (Wildman–Crippen MR) is 117 cm³/mol. The first-order chi connectivity index (χ1) is 15.0. The molecule has 0 spiro atoms. The average molecular weight is 439 g/mol. The van der Waals surface area contributed by atoms with Crippen molar-refractivity contribution in [1.82, 2.24) is 5.43 Å². The third-order valence-corrected chi connectivity index (χ3v) is 4.22. The highest BCUT2D eigenvalue weighted by molar-refractivity contribution is 6.30. The standard InChI is InChI=1S/C23H19ClN2O5/c1-29-19-9-11-20(12-10-19)30-15-22(27)26-25-14-16-5-7-21(8-6-16)31-23(28)17-3-2-4-18(24)13-17/h2-14H,15H2,1H3,(H,26,27)/b25-14+. The Morgan fingerprint density at radius 1 is 0.968 bits per heavy atom. The fraction of sp³-hybridized carbons (Fsp3) is 0.0870. The van der Waals surface area contributed by atoms with Gasteiger partial charge >= 0.3 is 5.97 Å². The quantitative estimate of drug-likeness (QED) is 0.248. The van der Waals surface area contributed by atoms with Crippen LogP contribution in [0.4, 0.5) is 0 Å². The van der Waals surface area contributed by atoms with E-state index >= 15 is 0 Å². The van der Waals surface area contributed by atoms with Gasteiger partial charge in [-0.3, -0.25) is 4.79 Å². The van der Waals surface area contributed by atoms with Crippen LogP contribution < -0.4 is 19.6 Å². The fourth-order valence-electron chi connectivity index (χ4n) is 2.44.